The van der Waals surface area contributed by atoms with Gasteiger partial charge in [0.1, 0.15) is 12.5 Å². The number of aromatic nitrogens is 2. The van der Waals surface area contributed by atoms with Crippen LogP contribution in [0.3, 0.4) is 0 Å². The molecule has 0 fully saturated rings. The third-order valence-corrected chi connectivity index (χ3v) is 1.99. The Balaban J connectivity index is 0. The van der Waals surface area contributed by atoms with Crippen molar-refractivity contribution >= 4 is 0 Å². The van der Waals surface area contributed by atoms with E-state index in [9.17, 15) is 0 Å². The van der Waals surface area contributed by atoms with Crippen molar-refractivity contribution in [3.05, 3.63) is 36.7 Å². The zero-order chi connectivity index (χ0) is 16.0. The van der Waals surface area contributed by atoms with E-state index in [4.69, 9.17) is 8.83 Å². The molecular formula is C16H30N2O2. The molecular weight excluding hydrogens is 252 g/mol. The lowest BCUT2D eigenvalue weighted by molar-refractivity contribution is 0.471. The maximum atomic E-state index is 4.98. The van der Waals surface area contributed by atoms with Crippen LogP contribution in [0.15, 0.2) is 34.0 Å². The van der Waals surface area contributed by atoms with E-state index in [0.717, 1.165) is 11.6 Å². The highest BCUT2D eigenvalue weighted by Gasteiger charge is 2.00. The molecule has 0 amide bonds. The van der Waals surface area contributed by atoms with Gasteiger partial charge < -0.3 is 8.83 Å². The maximum Gasteiger partial charge on any atom is 0.196 e. The lowest BCUT2D eigenvalue weighted by Crippen LogP contribution is -1.83. The zero-order valence-corrected chi connectivity index (χ0v) is 14.2. The molecule has 0 aliphatic carbocycles. The molecule has 2 heterocycles. The maximum absolute atomic E-state index is 4.98. The van der Waals surface area contributed by atoms with Crippen molar-refractivity contribution in [2.24, 2.45) is 0 Å². The van der Waals surface area contributed by atoms with Gasteiger partial charge in [-0.3, -0.25) is 0 Å². The zero-order valence-electron chi connectivity index (χ0n) is 14.2. The van der Waals surface area contributed by atoms with Crippen LogP contribution in [0.25, 0.3) is 0 Å². The molecule has 0 unspecified atom stereocenters. The lowest BCUT2D eigenvalue weighted by atomic mass is 10.2. The molecule has 2 aromatic rings. The van der Waals surface area contributed by atoms with E-state index in [1.54, 1.807) is 18.7 Å². The second kappa shape index (κ2) is 13.8. The van der Waals surface area contributed by atoms with E-state index in [-0.39, 0.29) is 0 Å². The van der Waals surface area contributed by atoms with Crippen LogP contribution in [0.1, 0.15) is 78.8 Å². The summed E-state index contributed by atoms with van der Waals surface area (Å²) in [5, 5.41) is 0. The third kappa shape index (κ3) is 9.36. The average molecular weight is 282 g/mol. The molecule has 0 radical (unpaired) electrons. The number of oxazole rings is 2. The first kappa shape index (κ1) is 20.7. The van der Waals surface area contributed by atoms with Gasteiger partial charge in [0, 0.05) is 5.92 Å². The minimum atomic E-state index is 0.407. The van der Waals surface area contributed by atoms with Crippen LogP contribution < -0.4 is 0 Å². The van der Waals surface area contributed by atoms with Gasteiger partial charge >= 0.3 is 0 Å². The van der Waals surface area contributed by atoms with Crippen LogP contribution in [0.4, 0.5) is 0 Å². The first-order valence-corrected chi connectivity index (χ1v) is 7.38. The van der Waals surface area contributed by atoms with Gasteiger partial charge in [-0.05, 0) is 5.92 Å². The smallest absolute Gasteiger partial charge is 0.196 e. The van der Waals surface area contributed by atoms with E-state index >= 15 is 0 Å². The van der Waals surface area contributed by atoms with Gasteiger partial charge in [-0.25, -0.2) is 9.97 Å². The second-order valence-corrected chi connectivity index (χ2v) is 4.09. The molecule has 0 aliphatic rings. The van der Waals surface area contributed by atoms with Gasteiger partial charge in [0.15, 0.2) is 12.3 Å². The second-order valence-electron chi connectivity index (χ2n) is 4.09. The summed E-state index contributed by atoms with van der Waals surface area (Å²) >= 11 is 0. The summed E-state index contributed by atoms with van der Waals surface area (Å²) in [6.07, 6.45) is 6.38. The van der Waals surface area contributed by atoms with E-state index < -0.39 is 0 Å². The predicted molar refractivity (Wildman–Crippen MR) is 83.9 cm³/mol. The van der Waals surface area contributed by atoms with Gasteiger partial charge in [0.25, 0.3) is 0 Å². The van der Waals surface area contributed by atoms with Crippen molar-refractivity contribution in [1.82, 2.24) is 9.97 Å². The summed E-state index contributed by atoms with van der Waals surface area (Å²) in [6, 6.07) is 0. The van der Waals surface area contributed by atoms with Gasteiger partial charge in [-0.1, -0.05) is 55.4 Å². The van der Waals surface area contributed by atoms with Crippen LogP contribution in [-0.4, -0.2) is 9.97 Å². The van der Waals surface area contributed by atoms with Gasteiger partial charge in [-0.2, -0.15) is 0 Å². The third-order valence-electron chi connectivity index (χ3n) is 1.99. The Bertz CT molecular complexity index is 327. The molecule has 0 atom stereocenters. The standard InChI is InChI=1S/2C6H9NO.2C2H6/c1-5(2)6-3-8-4-7-6;1-5(2)6-7-3-4-8-6;2*1-2/h2*3-5H,1-2H3;2*1-2H3. The number of rotatable bonds is 2. The molecule has 0 aromatic carbocycles. The molecule has 0 bridgehead atoms. The summed E-state index contributed by atoms with van der Waals surface area (Å²) in [5.74, 6) is 1.70. The summed E-state index contributed by atoms with van der Waals surface area (Å²) in [7, 11) is 0. The molecule has 0 N–H and O–H groups in total. The quantitative estimate of drug-likeness (QED) is 0.714. The fraction of sp³-hybridized carbons (Fsp3) is 0.625. The Hall–Kier alpha value is -1.58. The summed E-state index contributed by atoms with van der Waals surface area (Å²) in [6.45, 7) is 16.3. The average Bonchev–Trinajstić information content (AvgIpc) is 3.17. The van der Waals surface area contributed by atoms with E-state index in [1.807, 2.05) is 41.5 Å². The number of hydrogen-bond donors (Lipinski definition) is 0. The fourth-order valence-corrected chi connectivity index (χ4v) is 1.03. The molecule has 0 saturated heterocycles. The molecule has 2 aromatic heterocycles. The Morgan fingerprint density at radius 2 is 1.50 bits per heavy atom. The number of hydrogen-bond acceptors (Lipinski definition) is 4. The van der Waals surface area contributed by atoms with E-state index in [1.165, 1.54) is 6.39 Å². The first-order valence-electron chi connectivity index (χ1n) is 7.38. The van der Waals surface area contributed by atoms with Crippen LogP contribution in [-0.2, 0) is 0 Å². The first-order chi connectivity index (χ1) is 9.61. The van der Waals surface area contributed by atoms with Crippen LogP contribution >= 0.6 is 0 Å². The number of nitrogens with zero attached hydrogens (tertiary/aromatic N) is 2. The normalized spacial score (nSPS) is 8.90. The summed E-state index contributed by atoms with van der Waals surface area (Å²) in [5.41, 5.74) is 1.02. The monoisotopic (exact) mass is 282 g/mol. The van der Waals surface area contributed by atoms with Crippen molar-refractivity contribution < 1.29 is 8.83 Å². The van der Waals surface area contributed by atoms with E-state index in [2.05, 4.69) is 23.8 Å². The predicted octanol–water partition coefficient (Wildman–Crippen LogP) is 5.65. The molecule has 0 saturated carbocycles. The van der Waals surface area contributed by atoms with Crippen molar-refractivity contribution in [3.8, 4) is 0 Å². The molecule has 0 aliphatic heterocycles. The van der Waals surface area contributed by atoms with Crippen LogP contribution in [0, 0.1) is 0 Å². The van der Waals surface area contributed by atoms with Crippen molar-refractivity contribution in [2.75, 3.05) is 0 Å². The van der Waals surface area contributed by atoms with Gasteiger partial charge in [0.05, 0.1) is 11.9 Å². The van der Waals surface area contributed by atoms with E-state index in [0.29, 0.717) is 11.8 Å². The topological polar surface area (TPSA) is 52.1 Å². The fourth-order valence-electron chi connectivity index (χ4n) is 1.03. The summed E-state index contributed by atoms with van der Waals surface area (Å²) < 4.78 is 9.75. The highest BCUT2D eigenvalue weighted by molar-refractivity contribution is 4.96. The highest BCUT2D eigenvalue weighted by atomic mass is 16.3. The van der Waals surface area contributed by atoms with Crippen molar-refractivity contribution in [2.45, 2.75) is 67.2 Å². The molecule has 4 heteroatoms. The largest absolute Gasteiger partial charge is 0.451 e. The molecule has 20 heavy (non-hydrogen) atoms. The highest BCUT2D eigenvalue weighted by Crippen LogP contribution is 2.09. The SMILES string of the molecule is CC.CC.CC(C)c1cocn1.CC(C)c1ncco1. The van der Waals surface area contributed by atoms with Gasteiger partial charge in [0.2, 0.25) is 0 Å². The molecule has 4 nitrogen and oxygen atoms in total. The Kier molecular flexibility index (Phi) is 14.3. The molecule has 0 spiro atoms. The lowest BCUT2D eigenvalue weighted by Gasteiger charge is -1.92. The van der Waals surface area contributed by atoms with Crippen LogP contribution in [0.2, 0.25) is 0 Å². The Labute approximate surface area is 123 Å². The van der Waals surface area contributed by atoms with Crippen molar-refractivity contribution in [1.29, 1.82) is 0 Å². The van der Waals surface area contributed by atoms with Crippen LogP contribution in [0.5, 0.6) is 0 Å². The minimum absolute atomic E-state index is 0.407. The molecule has 116 valence electrons. The molecule has 2 rings (SSSR count). The Morgan fingerprint density at radius 3 is 1.70 bits per heavy atom. The van der Waals surface area contributed by atoms with Crippen molar-refractivity contribution in [3.63, 3.8) is 0 Å². The van der Waals surface area contributed by atoms with Gasteiger partial charge in [-0.15, -0.1) is 0 Å². The summed E-state index contributed by atoms with van der Waals surface area (Å²) in [4.78, 5) is 7.90. The Morgan fingerprint density at radius 1 is 0.900 bits per heavy atom. The minimum Gasteiger partial charge on any atom is -0.451 e.